The molecule has 0 saturated carbocycles. The molecule has 0 atom stereocenters. The normalized spacial score (nSPS) is 11.6. The van der Waals surface area contributed by atoms with E-state index in [1.165, 1.54) is 6.07 Å². The molecule has 16 heavy (non-hydrogen) atoms. The highest BCUT2D eigenvalue weighted by Gasteiger charge is 2.12. The van der Waals surface area contributed by atoms with Gasteiger partial charge in [-0.05, 0) is 37.7 Å². The summed E-state index contributed by atoms with van der Waals surface area (Å²) in [6.45, 7) is 0.827. The molecule has 0 aliphatic rings. The molecule has 1 N–H and O–H groups in total. The van der Waals surface area contributed by atoms with E-state index in [1.54, 1.807) is 6.08 Å². The Kier molecular flexibility index (Phi) is 5.05. The fourth-order valence-corrected chi connectivity index (χ4v) is 1.27. The summed E-state index contributed by atoms with van der Waals surface area (Å²) in [7, 11) is 1.84. The fourth-order valence-electron chi connectivity index (χ4n) is 1.27. The predicted octanol–water partition coefficient (Wildman–Crippen LogP) is 3.39. The minimum Gasteiger partial charge on any atom is -0.319 e. The number of alkyl halides is 2. The third kappa shape index (κ3) is 3.70. The summed E-state index contributed by atoms with van der Waals surface area (Å²) in [5.41, 5.74) is 0.0466. The molecular formula is C12H14F3N. The third-order valence-electron chi connectivity index (χ3n) is 2.13. The van der Waals surface area contributed by atoms with E-state index in [0.29, 0.717) is 5.56 Å². The van der Waals surface area contributed by atoms with Gasteiger partial charge in [0.15, 0.2) is 0 Å². The lowest BCUT2D eigenvalue weighted by Gasteiger charge is -2.02. The molecule has 0 aliphatic carbocycles. The lowest BCUT2D eigenvalue weighted by atomic mass is 10.1. The van der Waals surface area contributed by atoms with E-state index in [2.05, 4.69) is 5.32 Å². The van der Waals surface area contributed by atoms with Crippen molar-refractivity contribution in [3.63, 3.8) is 0 Å². The molecule has 0 saturated heterocycles. The van der Waals surface area contributed by atoms with Gasteiger partial charge in [0.2, 0.25) is 0 Å². The second-order valence-corrected chi connectivity index (χ2v) is 3.38. The highest BCUT2D eigenvalue weighted by molar-refractivity contribution is 5.50. The van der Waals surface area contributed by atoms with Gasteiger partial charge in [0, 0.05) is 0 Å². The number of benzene rings is 1. The van der Waals surface area contributed by atoms with Crippen LogP contribution in [-0.4, -0.2) is 13.6 Å². The van der Waals surface area contributed by atoms with Crippen molar-refractivity contribution in [3.8, 4) is 0 Å². The van der Waals surface area contributed by atoms with E-state index in [9.17, 15) is 13.2 Å². The molecule has 4 heteroatoms. The highest BCUT2D eigenvalue weighted by atomic mass is 19.3. The molecule has 0 aliphatic heterocycles. The van der Waals surface area contributed by atoms with Gasteiger partial charge in [-0.1, -0.05) is 18.2 Å². The van der Waals surface area contributed by atoms with E-state index >= 15 is 0 Å². The van der Waals surface area contributed by atoms with Crippen molar-refractivity contribution < 1.29 is 13.2 Å². The average Bonchev–Trinajstić information content (AvgIpc) is 2.24. The first kappa shape index (κ1) is 12.8. The van der Waals surface area contributed by atoms with Crippen LogP contribution in [0.2, 0.25) is 0 Å². The molecule has 0 bridgehead atoms. The average molecular weight is 229 g/mol. The summed E-state index contributed by atoms with van der Waals surface area (Å²) in [6.07, 6.45) is 1.64. The van der Waals surface area contributed by atoms with Gasteiger partial charge in [-0.15, -0.1) is 0 Å². The van der Waals surface area contributed by atoms with Crippen molar-refractivity contribution in [1.82, 2.24) is 5.32 Å². The smallest absolute Gasteiger partial charge is 0.266 e. The third-order valence-corrected chi connectivity index (χ3v) is 2.13. The van der Waals surface area contributed by atoms with Crippen molar-refractivity contribution >= 4 is 6.08 Å². The Balaban J connectivity index is 2.70. The SMILES string of the molecule is CNCCC=Cc1ccc(C(F)F)c(F)c1. The standard InChI is InChI=1S/C12H14F3N/c1-16-7-3-2-4-9-5-6-10(12(14)15)11(13)8-9/h2,4-6,8,12,16H,3,7H2,1H3. The Labute approximate surface area is 93.0 Å². The van der Waals surface area contributed by atoms with Gasteiger partial charge in [0.05, 0.1) is 5.56 Å². The lowest BCUT2D eigenvalue weighted by Crippen LogP contribution is -2.05. The fraction of sp³-hybridized carbons (Fsp3) is 0.333. The molecule has 0 radical (unpaired) electrons. The monoisotopic (exact) mass is 229 g/mol. The number of rotatable bonds is 5. The van der Waals surface area contributed by atoms with Crippen LogP contribution in [0.15, 0.2) is 24.3 Å². The van der Waals surface area contributed by atoms with Gasteiger partial charge in [0.1, 0.15) is 5.82 Å². The molecule has 0 spiro atoms. The van der Waals surface area contributed by atoms with Crippen molar-refractivity contribution in [2.45, 2.75) is 12.8 Å². The van der Waals surface area contributed by atoms with Crippen LogP contribution in [0.3, 0.4) is 0 Å². The van der Waals surface area contributed by atoms with E-state index in [4.69, 9.17) is 0 Å². The molecule has 1 aromatic rings. The predicted molar refractivity (Wildman–Crippen MR) is 58.9 cm³/mol. The molecule has 0 amide bonds. The van der Waals surface area contributed by atoms with E-state index < -0.39 is 17.8 Å². The van der Waals surface area contributed by atoms with Crippen LogP contribution in [-0.2, 0) is 0 Å². The minimum atomic E-state index is -2.76. The molecule has 1 rings (SSSR count). The summed E-state index contributed by atoms with van der Waals surface area (Å²) in [5.74, 6) is -0.856. The van der Waals surface area contributed by atoms with Gasteiger partial charge >= 0.3 is 0 Å². The van der Waals surface area contributed by atoms with E-state index in [1.807, 2.05) is 13.1 Å². The zero-order valence-corrected chi connectivity index (χ0v) is 9.01. The second kappa shape index (κ2) is 6.33. The zero-order valence-electron chi connectivity index (χ0n) is 9.01. The lowest BCUT2D eigenvalue weighted by molar-refractivity contribution is 0.146. The van der Waals surface area contributed by atoms with Crippen LogP contribution in [0.5, 0.6) is 0 Å². The van der Waals surface area contributed by atoms with Crippen LogP contribution in [0.4, 0.5) is 13.2 Å². The summed E-state index contributed by atoms with van der Waals surface area (Å²) < 4.78 is 37.6. The van der Waals surface area contributed by atoms with Crippen LogP contribution >= 0.6 is 0 Å². The largest absolute Gasteiger partial charge is 0.319 e. The molecule has 1 aromatic carbocycles. The zero-order chi connectivity index (χ0) is 12.0. The van der Waals surface area contributed by atoms with Gasteiger partial charge in [-0.25, -0.2) is 13.2 Å². The Morgan fingerprint density at radius 2 is 2.12 bits per heavy atom. The molecule has 0 unspecified atom stereocenters. The summed E-state index contributed by atoms with van der Waals surface area (Å²) in [4.78, 5) is 0. The van der Waals surface area contributed by atoms with Crippen LogP contribution in [0.1, 0.15) is 24.0 Å². The second-order valence-electron chi connectivity index (χ2n) is 3.38. The van der Waals surface area contributed by atoms with Crippen LogP contribution in [0.25, 0.3) is 6.08 Å². The summed E-state index contributed by atoms with van der Waals surface area (Å²) in [6, 6.07) is 3.73. The number of hydrogen-bond donors (Lipinski definition) is 1. The van der Waals surface area contributed by atoms with E-state index in [0.717, 1.165) is 25.1 Å². The van der Waals surface area contributed by atoms with Crippen LogP contribution in [0, 0.1) is 5.82 Å². The Morgan fingerprint density at radius 1 is 1.38 bits per heavy atom. The summed E-state index contributed by atoms with van der Waals surface area (Å²) in [5, 5.41) is 2.96. The molecular weight excluding hydrogens is 215 g/mol. The first-order valence-electron chi connectivity index (χ1n) is 5.04. The van der Waals surface area contributed by atoms with Crippen molar-refractivity contribution in [3.05, 3.63) is 41.2 Å². The first-order chi connectivity index (χ1) is 7.65. The van der Waals surface area contributed by atoms with E-state index in [-0.39, 0.29) is 0 Å². The maximum absolute atomic E-state index is 13.1. The Bertz CT molecular complexity index is 361. The first-order valence-corrected chi connectivity index (χ1v) is 5.04. The summed E-state index contributed by atoms with van der Waals surface area (Å²) >= 11 is 0. The van der Waals surface area contributed by atoms with Gasteiger partial charge in [0.25, 0.3) is 6.43 Å². The highest BCUT2D eigenvalue weighted by Crippen LogP contribution is 2.22. The van der Waals surface area contributed by atoms with Gasteiger partial charge in [-0.2, -0.15) is 0 Å². The van der Waals surface area contributed by atoms with Gasteiger partial charge in [-0.3, -0.25) is 0 Å². The number of hydrogen-bond acceptors (Lipinski definition) is 1. The van der Waals surface area contributed by atoms with Crippen LogP contribution < -0.4 is 5.32 Å². The maximum Gasteiger partial charge on any atom is 0.266 e. The maximum atomic E-state index is 13.1. The molecule has 0 heterocycles. The molecule has 88 valence electrons. The van der Waals surface area contributed by atoms with Gasteiger partial charge < -0.3 is 5.32 Å². The molecule has 0 fully saturated rings. The van der Waals surface area contributed by atoms with Crippen molar-refractivity contribution in [1.29, 1.82) is 0 Å². The Morgan fingerprint density at radius 3 is 2.69 bits per heavy atom. The number of nitrogens with one attached hydrogen (secondary N) is 1. The minimum absolute atomic E-state index is 0.549. The quantitative estimate of drug-likeness (QED) is 0.763. The number of halogens is 3. The molecule has 0 aromatic heterocycles. The Hall–Kier alpha value is -1.29. The molecule has 1 nitrogen and oxygen atoms in total. The van der Waals surface area contributed by atoms with Crippen molar-refractivity contribution in [2.24, 2.45) is 0 Å². The topological polar surface area (TPSA) is 12.0 Å². The van der Waals surface area contributed by atoms with Crippen molar-refractivity contribution in [2.75, 3.05) is 13.6 Å².